The highest BCUT2D eigenvalue weighted by molar-refractivity contribution is 5.98. The van der Waals surface area contributed by atoms with E-state index < -0.39 is 11.9 Å². The summed E-state index contributed by atoms with van der Waals surface area (Å²) < 4.78 is 13.6. The number of hydrogen-bond donors (Lipinski definition) is 1. The molecule has 0 bridgehead atoms. The molecule has 0 aliphatic carbocycles. The molecule has 5 heteroatoms. The standard InChI is InChI=1S/C15H19FN2O2/c1-15(2)7-13(19)18(14(20)8-15)9-12(17)10-5-3-4-6-11(10)16/h3-6,12H,7-9,17H2,1-2H3. The molecule has 0 spiro atoms. The maximum Gasteiger partial charge on any atom is 0.229 e. The van der Waals surface area contributed by atoms with Crippen molar-refractivity contribution in [2.45, 2.75) is 32.7 Å². The summed E-state index contributed by atoms with van der Waals surface area (Å²) in [5.41, 5.74) is 5.94. The molecule has 0 radical (unpaired) electrons. The number of nitrogens with two attached hydrogens (primary N) is 1. The lowest BCUT2D eigenvalue weighted by atomic mass is 9.81. The first kappa shape index (κ1) is 14.7. The van der Waals surface area contributed by atoms with Crippen LogP contribution in [-0.4, -0.2) is 23.3 Å². The highest BCUT2D eigenvalue weighted by atomic mass is 19.1. The number of hydrogen-bond acceptors (Lipinski definition) is 3. The van der Waals surface area contributed by atoms with Crippen LogP contribution in [-0.2, 0) is 9.59 Å². The summed E-state index contributed by atoms with van der Waals surface area (Å²) in [6.07, 6.45) is 0.617. The van der Waals surface area contributed by atoms with Crippen LogP contribution in [0.15, 0.2) is 24.3 Å². The van der Waals surface area contributed by atoms with Crippen LogP contribution in [0.3, 0.4) is 0 Å². The average Bonchev–Trinajstić information content (AvgIpc) is 2.33. The summed E-state index contributed by atoms with van der Waals surface area (Å²) >= 11 is 0. The Morgan fingerprint density at radius 1 is 1.25 bits per heavy atom. The van der Waals surface area contributed by atoms with Crippen molar-refractivity contribution in [3.63, 3.8) is 0 Å². The van der Waals surface area contributed by atoms with Crippen molar-refractivity contribution < 1.29 is 14.0 Å². The van der Waals surface area contributed by atoms with Crippen molar-refractivity contribution in [1.29, 1.82) is 0 Å². The average molecular weight is 278 g/mol. The maximum atomic E-state index is 13.6. The molecule has 0 aromatic heterocycles. The third kappa shape index (κ3) is 3.04. The van der Waals surface area contributed by atoms with Crippen LogP contribution in [0.2, 0.25) is 0 Å². The van der Waals surface area contributed by atoms with Crippen molar-refractivity contribution in [2.75, 3.05) is 6.54 Å². The monoisotopic (exact) mass is 278 g/mol. The molecule has 1 aromatic carbocycles. The lowest BCUT2D eigenvalue weighted by Crippen LogP contribution is -2.48. The summed E-state index contributed by atoms with van der Waals surface area (Å²) in [5.74, 6) is -0.895. The second kappa shape index (κ2) is 5.32. The molecule has 1 fully saturated rings. The van der Waals surface area contributed by atoms with Crippen LogP contribution in [0.1, 0.15) is 38.3 Å². The fourth-order valence-electron chi connectivity index (χ4n) is 2.49. The second-order valence-corrected chi connectivity index (χ2v) is 6.04. The molecule has 4 nitrogen and oxygen atoms in total. The summed E-state index contributed by atoms with van der Waals surface area (Å²) in [4.78, 5) is 25.2. The number of imide groups is 1. The Kier molecular flexibility index (Phi) is 3.90. The number of benzene rings is 1. The van der Waals surface area contributed by atoms with Crippen molar-refractivity contribution in [1.82, 2.24) is 4.90 Å². The normalized spacial score (nSPS) is 20.1. The first-order valence-corrected chi connectivity index (χ1v) is 6.63. The minimum atomic E-state index is -0.703. The fraction of sp³-hybridized carbons (Fsp3) is 0.467. The molecule has 1 aromatic rings. The number of carbonyl (C=O) groups is 2. The van der Waals surface area contributed by atoms with Gasteiger partial charge in [0.25, 0.3) is 0 Å². The number of likely N-dealkylation sites (tertiary alicyclic amines) is 1. The van der Waals surface area contributed by atoms with Crippen LogP contribution in [0, 0.1) is 11.2 Å². The first-order chi connectivity index (χ1) is 9.30. The first-order valence-electron chi connectivity index (χ1n) is 6.63. The third-order valence-corrected chi connectivity index (χ3v) is 3.55. The smallest absolute Gasteiger partial charge is 0.229 e. The molecule has 1 atom stereocenters. The summed E-state index contributed by atoms with van der Waals surface area (Å²) in [6, 6.07) is 5.44. The van der Waals surface area contributed by atoms with Gasteiger partial charge >= 0.3 is 0 Å². The molecule has 1 unspecified atom stereocenters. The SMILES string of the molecule is CC1(C)CC(=O)N(CC(N)c2ccccc2F)C(=O)C1. The molecular weight excluding hydrogens is 259 g/mol. The van der Waals surface area contributed by atoms with Gasteiger partial charge in [-0.15, -0.1) is 0 Å². The van der Waals surface area contributed by atoms with Gasteiger partial charge in [-0.1, -0.05) is 32.0 Å². The number of nitrogens with zero attached hydrogens (tertiary/aromatic N) is 1. The molecule has 1 aliphatic heterocycles. The van der Waals surface area contributed by atoms with Crippen LogP contribution in [0.25, 0.3) is 0 Å². The largest absolute Gasteiger partial charge is 0.322 e. The zero-order chi connectivity index (χ0) is 14.9. The Bertz CT molecular complexity index is 522. The number of piperidine rings is 1. The van der Waals surface area contributed by atoms with Crippen LogP contribution in [0.5, 0.6) is 0 Å². The molecule has 0 saturated carbocycles. The van der Waals surface area contributed by atoms with E-state index in [9.17, 15) is 14.0 Å². The Balaban J connectivity index is 2.12. The van der Waals surface area contributed by atoms with E-state index in [1.165, 1.54) is 6.07 Å². The Hall–Kier alpha value is -1.75. The predicted octanol–water partition coefficient (Wildman–Crippen LogP) is 2.00. The lowest BCUT2D eigenvalue weighted by molar-refractivity contribution is -0.152. The maximum absolute atomic E-state index is 13.6. The van der Waals surface area contributed by atoms with Crippen molar-refractivity contribution in [3.05, 3.63) is 35.6 Å². The van der Waals surface area contributed by atoms with E-state index in [0.717, 1.165) is 4.90 Å². The van der Waals surface area contributed by atoms with Gasteiger partial charge in [0, 0.05) is 24.9 Å². The highest BCUT2D eigenvalue weighted by Gasteiger charge is 2.38. The molecule has 2 amide bonds. The van der Waals surface area contributed by atoms with Crippen molar-refractivity contribution in [2.24, 2.45) is 11.1 Å². The number of carbonyl (C=O) groups excluding carboxylic acids is 2. The lowest BCUT2D eigenvalue weighted by Gasteiger charge is -2.35. The molecule has 20 heavy (non-hydrogen) atoms. The number of amides is 2. The van der Waals surface area contributed by atoms with Gasteiger partial charge in [0.2, 0.25) is 11.8 Å². The van der Waals surface area contributed by atoms with E-state index >= 15 is 0 Å². The van der Waals surface area contributed by atoms with Gasteiger partial charge < -0.3 is 5.73 Å². The van der Waals surface area contributed by atoms with Crippen LogP contribution >= 0.6 is 0 Å². The Labute approximate surface area is 117 Å². The van der Waals surface area contributed by atoms with E-state index in [2.05, 4.69) is 0 Å². The number of rotatable bonds is 3. The van der Waals surface area contributed by atoms with Crippen molar-refractivity contribution >= 4 is 11.8 Å². The minimum Gasteiger partial charge on any atom is -0.322 e. The summed E-state index contributed by atoms with van der Waals surface area (Å²) in [5, 5.41) is 0. The molecule has 1 aliphatic rings. The topological polar surface area (TPSA) is 63.4 Å². The molecule has 1 heterocycles. The van der Waals surface area contributed by atoms with Gasteiger partial charge in [-0.25, -0.2) is 4.39 Å². The quantitative estimate of drug-likeness (QED) is 0.860. The van der Waals surface area contributed by atoms with Crippen LogP contribution in [0.4, 0.5) is 4.39 Å². The zero-order valence-corrected chi connectivity index (χ0v) is 11.7. The van der Waals surface area contributed by atoms with E-state index in [0.29, 0.717) is 18.4 Å². The second-order valence-electron chi connectivity index (χ2n) is 6.04. The van der Waals surface area contributed by atoms with E-state index in [1.54, 1.807) is 18.2 Å². The van der Waals surface area contributed by atoms with Gasteiger partial charge in [-0.05, 0) is 11.5 Å². The van der Waals surface area contributed by atoms with Gasteiger partial charge in [0.05, 0.1) is 6.04 Å². The fourth-order valence-corrected chi connectivity index (χ4v) is 2.49. The molecule has 1 saturated heterocycles. The summed E-state index contributed by atoms with van der Waals surface area (Å²) in [6.45, 7) is 3.79. The van der Waals surface area contributed by atoms with Gasteiger partial charge in [0.15, 0.2) is 0 Å². The van der Waals surface area contributed by atoms with Crippen molar-refractivity contribution in [3.8, 4) is 0 Å². The van der Waals surface area contributed by atoms with Gasteiger partial charge in [-0.3, -0.25) is 14.5 Å². The minimum absolute atomic E-state index is 0.0225. The third-order valence-electron chi connectivity index (χ3n) is 3.55. The van der Waals surface area contributed by atoms with E-state index in [4.69, 9.17) is 5.73 Å². The molecular formula is C15H19FN2O2. The Morgan fingerprint density at radius 3 is 2.35 bits per heavy atom. The predicted molar refractivity (Wildman–Crippen MR) is 73.1 cm³/mol. The number of halogens is 1. The Morgan fingerprint density at radius 2 is 1.80 bits per heavy atom. The molecule has 2 rings (SSSR count). The van der Waals surface area contributed by atoms with E-state index in [-0.39, 0.29) is 23.8 Å². The van der Waals surface area contributed by atoms with Gasteiger partial charge in [-0.2, -0.15) is 0 Å². The summed E-state index contributed by atoms with van der Waals surface area (Å²) in [7, 11) is 0. The highest BCUT2D eigenvalue weighted by Crippen LogP contribution is 2.32. The van der Waals surface area contributed by atoms with Crippen LogP contribution < -0.4 is 5.73 Å². The van der Waals surface area contributed by atoms with Gasteiger partial charge in [0.1, 0.15) is 5.82 Å². The molecule has 108 valence electrons. The zero-order valence-electron chi connectivity index (χ0n) is 11.7. The van der Waals surface area contributed by atoms with E-state index in [1.807, 2.05) is 13.8 Å². The molecule has 2 N–H and O–H groups in total.